The summed E-state index contributed by atoms with van der Waals surface area (Å²) in [5, 5.41) is 3.83. The smallest absolute Gasteiger partial charge is 0.257 e. The highest BCUT2D eigenvalue weighted by Crippen LogP contribution is 2.40. The first kappa shape index (κ1) is 19.6. The Bertz CT molecular complexity index is 975. The molecule has 1 atom stereocenters. The van der Waals surface area contributed by atoms with Crippen LogP contribution < -0.4 is 16.0 Å². The molecule has 0 aromatic carbocycles. The number of fused-ring (bicyclic) bond motifs is 1. The van der Waals surface area contributed by atoms with Gasteiger partial charge in [0.05, 0.1) is 26.8 Å². The average Bonchev–Trinajstić information content (AvgIpc) is 3.19. The average molecular weight is 452 g/mol. The predicted molar refractivity (Wildman–Crippen MR) is 113 cm³/mol. The fraction of sp³-hybridized carbons (Fsp3) is 0.278. The lowest BCUT2D eigenvalue weighted by molar-refractivity contribution is 0.102. The van der Waals surface area contributed by atoms with Crippen molar-refractivity contribution in [2.75, 3.05) is 23.3 Å². The molecule has 1 unspecified atom stereocenters. The summed E-state index contributed by atoms with van der Waals surface area (Å²) in [4.78, 5) is 26.3. The molecule has 0 spiro atoms. The molecule has 142 valence electrons. The van der Waals surface area contributed by atoms with Crippen LogP contribution in [0.2, 0.25) is 0 Å². The number of H-pyrrole nitrogens is 1. The summed E-state index contributed by atoms with van der Waals surface area (Å²) in [5.41, 5.74) is 8.98. The van der Waals surface area contributed by atoms with Gasteiger partial charge < -0.3 is 20.9 Å². The van der Waals surface area contributed by atoms with Crippen molar-refractivity contribution in [1.29, 1.82) is 0 Å². The van der Waals surface area contributed by atoms with Crippen LogP contribution in [0.3, 0.4) is 0 Å². The third-order valence-electron chi connectivity index (χ3n) is 4.62. The molecule has 4 N–H and O–H groups in total. The quantitative estimate of drug-likeness (QED) is 0.567. The van der Waals surface area contributed by atoms with Crippen molar-refractivity contribution in [2.45, 2.75) is 18.9 Å². The number of pyridine rings is 2. The highest BCUT2D eigenvalue weighted by molar-refractivity contribution is 9.10. The van der Waals surface area contributed by atoms with E-state index in [0.29, 0.717) is 11.3 Å². The zero-order chi connectivity index (χ0) is 18.3. The number of aromatic nitrogens is 3. The number of anilines is 2. The Labute approximate surface area is 171 Å². The Kier molecular flexibility index (Phi) is 5.41. The minimum Gasteiger partial charge on any atom is -0.368 e. The van der Waals surface area contributed by atoms with Gasteiger partial charge in [0, 0.05) is 43.4 Å². The number of amides is 1. The predicted octanol–water partition coefficient (Wildman–Crippen LogP) is 3.32. The molecule has 9 heteroatoms. The summed E-state index contributed by atoms with van der Waals surface area (Å²) in [6.45, 7) is 3.65. The molecule has 0 aliphatic carbocycles. The fourth-order valence-electron chi connectivity index (χ4n) is 3.33. The van der Waals surface area contributed by atoms with E-state index in [1.54, 1.807) is 36.9 Å². The van der Waals surface area contributed by atoms with Crippen LogP contribution in [0.25, 0.3) is 11.0 Å². The number of halogens is 2. The Hall–Kier alpha value is -2.16. The van der Waals surface area contributed by atoms with Crippen molar-refractivity contribution in [3.05, 3.63) is 47.0 Å². The number of carbonyl (C=O) groups is 1. The highest BCUT2D eigenvalue weighted by Gasteiger charge is 2.32. The van der Waals surface area contributed by atoms with Gasteiger partial charge in [-0.1, -0.05) is 0 Å². The summed E-state index contributed by atoms with van der Waals surface area (Å²) in [5.74, 6) is -0.213. The number of nitrogens with two attached hydrogens (primary N) is 1. The molecule has 7 nitrogen and oxygen atoms in total. The Morgan fingerprint density at radius 2 is 2.26 bits per heavy atom. The van der Waals surface area contributed by atoms with E-state index in [1.807, 2.05) is 0 Å². The van der Waals surface area contributed by atoms with Gasteiger partial charge in [0.2, 0.25) is 0 Å². The van der Waals surface area contributed by atoms with Crippen LogP contribution in [0.1, 0.15) is 23.7 Å². The number of nitrogens with zero attached hydrogens (tertiary/aromatic N) is 3. The number of hydrogen-bond acceptors (Lipinski definition) is 5. The van der Waals surface area contributed by atoms with Gasteiger partial charge in [-0.25, -0.2) is 4.98 Å². The van der Waals surface area contributed by atoms with E-state index < -0.39 is 0 Å². The Balaban J connectivity index is 0.00000210. The van der Waals surface area contributed by atoms with Gasteiger partial charge in [-0.05, 0) is 41.4 Å². The van der Waals surface area contributed by atoms with E-state index in [2.05, 4.69) is 48.0 Å². The molecular formula is C18H20BrClN6O. The van der Waals surface area contributed by atoms with Crippen LogP contribution in [0.5, 0.6) is 0 Å². The zero-order valence-corrected chi connectivity index (χ0v) is 17.1. The van der Waals surface area contributed by atoms with Gasteiger partial charge in [0.25, 0.3) is 5.91 Å². The number of carbonyl (C=O) groups excluding carboxylic acids is 1. The van der Waals surface area contributed by atoms with Crippen LogP contribution in [0.15, 0.2) is 41.4 Å². The topological polar surface area (TPSA) is 99.9 Å². The summed E-state index contributed by atoms with van der Waals surface area (Å²) >= 11 is 3.61. The van der Waals surface area contributed by atoms with Gasteiger partial charge in [-0.3, -0.25) is 9.78 Å². The first-order valence-electron chi connectivity index (χ1n) is 8.35. The monoisotopic (exact) mass is 450 g/mol. The Morgan fingerprint density at radius 3 is 2.93 bits per heavy atom. The van der Waals surface area contributed by atoms with Gasteiger partial charge in [0.1, 0.15) is 5.65 Å². The maximum atomic E-state index is 12.5. The third-order valence-corrected chi connectivity index (χ3v) is 5.20. The minimum absolute atomic E-state index is 0. The van der Waals surface area contributed by atoms with Crippen molar-refractivity contribution in [2.24, 2.45) is 5.73 Å². The lowest BCUT2D eigenvalue weighted by Crippen LogP contribution is -2.39. The van der Waals surface area contributed by atoms with Gasteiger partial charge in [-0.15, -0.1) is 12.4 Å². The fourth-order valence-corrected chi connectivity index (χ4v) is 3.88. The number of nitrogens with one attached hydrogen (secondary N) is 2. The molecule has 4 rings (SSSR count). The molecule has 3 aromatic rings. The molecule has 0 bridgehead atoms. The number of rotatable bonds is 3. The summed E-state index contributed by atoms with van der Waals surface area (Å²) in [7, 11) is 0. The largest absolute Gasteiger partial charge is 0.368 e. The zero-order valence-electron chi connectivity index (χ0n) is 14.7. The molecule has 1 aliphatic rings. The van der Waals surface area contributed by atoms with Crippen LogP contribution in [-0.4, -0.2) is 39.5 Å². The van der Waals surface area contributed by atoms with Crippen LogP contribution >= 0.6 is 28.3 Å². The second-order valence-corrected chi connectivity index (χ2v) is 7.76. The maximum absolute atomic E-state index is 12.5. The second kappa shape index (κ2) is 7.46. The molecule has 0 saturated carbocycles. The van der Waals surface area contributed by atoms with Crippen molar-refractivity contribution < 1.29 is 4.79 Å². The van der Waals surface area contributed by atoms with Gasteiger partial charge in [0.15, 0.2) is 0 Å². The molecule has 27 heavy (non-hydrogen) atoms. The Morgan fingerprint density at radius 1 is 1.44 bits per heavy atom. The molecule has 1 saturated heterocycles. The normalized spacial score (nSPS) is 19.1. The van der Waals surface area contributed by atoms with E-state index in [1.165, 1.54) is 0 Å². The summed E-state index contributed by atoms with van der Waals surface area (Å²) in [6.07, 6.45) is 7.62. The molecule has 1 amide bonds. The van der Waals surface area contributed by atoms with Crippen LogP contribution in [0, 0.1) is 0 Å². The van der Waals surface area contributed by atoms with Gasteiger partial charge in [-0.2, -0.15) is 0 Å². The van der Waals surface area contributed by atoms with E-state index in [-0.39, 0.29) is 23.9 Å². The molecule has 1 fully saturated rings. The van der Waals surface area contributed by atoms with E-state index in [0.717, 1.165) is 40.7 Å². The van der Waals surface area contributed by atoms with Crippen molar-refractivity contribution in [3.63, 3.8) is 0 Å². The molecular weight excluding hydrogens is 432 g/mol. The second-order valence-electron chi connectivity index (χ2n) is 6.90. The number of aromatic amines is 1. The van der Waals surface area contributed by atoms with Crippen LogP contribution in [0.4, 0.5) is 11.4 Å². The van der Waals surface area contributed by atoms with E-state index in [9.17, 15) is 4.79 Å². The lowest BCUT2D eigenvalue weighted by atomic mass is 10.0. The first-order valence-corrected chi connectivity index (χ1v) is 9.15. The standard InChI is InChI=1S/C18H19BrN6O.ClH/c1-18(20)4-6-25(10-18)15-12(19)8-22-16-14(15)13(9-23-16)24-17(26)11-3-2-5-21-7-11;/h2-3,5,7-9H,4,6,10,20H2,1H3,(H,22,23)(H,24,26);1H. The molecule has 0 radical (unpaired) electrons. The maximum Gasteiger partial charge on any atom is 0.257 e. The summed E-state index contributed by atoms with van der Waals surface area (Å²) in [6, 6.07) is 3.46. The van der Waals surface area contributed by atoms with Crippen LogP contribution in [-0.2, 0) is 0 Å². The highest BCUT2D eigenvalue weighted by atomic mass is 79.9. The lowest BCUT2D eigenvalue weighted by Gasteiger charge is -2.23. The molecule has 3 aromatic heterocycles. The first-order chi connectivity index (χ1) is 12.4. The van der Waals surface area contributed by atoms with Gasteiger partial charge >= 0.3 is 0 Å². The summed E-state index contributed by atoms with van der Waals surface area (Å²) < 4.78 is 0.874. The molecule has 4 heterocycles. The van der Waals surface area contributed by atoms with E-state index >= 15 is 0 Å². The van der Waals surface area contributed by atoms with Crippen molar-refractivity contribution in [1.82, 2.24) is 15.0 Å². The molecule has 1 aliphatic heterocycles. The minimum atomic E-state index is -0.232. The van der Waals surface area contributed by atoms with Crippen molar-refractivity contribution in [3.8, 4) is 0 Å². The third kappa shape index (κ3) is 3.78. The number of hydrogen-bond donors (Lipinski definition) is 3. The van der Waals surface area contributed by atoms with E-state index in [4.69, 9.17) is 5.73 Å². The van der Waals surface area contributed by atoms with Crippen molar-refractivity contribution >= 4 is 56.7 Å². The SMILES string of the molecule is CC1(N)CCN(c2c(Br)cnc3[nH]cc(NC(=O)c4cccnc4)c23)C1.Cl.